The van der Waals surface area contributed by atoms with Crippen LogP contribution in [0.1, 0.15) is 53.9 Å². The van der Waals surface area contributed by atoms with Gasteiger partial charge in [-0.2, -0.15) is 11.8 Å². The lowest BCUT2D eigenvalue weighted by Gasteiger charge is -2.29. The molecule has 21 heavy (non-hydrogen) atoms. The standard InChI is InChI=1S/C16H32N2O2S/c1-6-21-11-9-13(2)17-12-14-8-7-10-18(14)15(19)20-16(3,4)5/h13-14,17H,6-12H2,1-5H3. The molecular formula is C16H32N2O2S. The summed E-state index contributed by atoms with van der Waals surface area (Å²) < 4.78 is 5.49. The highest BCUT2D eigenvalue weighted by atomic mass is 32.2. The van der Waals surface area contributed by atoms with Crippen LogP contribution in [0.2, 0.25) is 0 Å². The number of hydrogen-bond acceptors (Lipinski definition) is 4. The van der Waals surface area contributed by atoms with Gasteiger partial charge in [0.1, 0.15) is 5.60 Å². The Hall–Kier alpha value is -0.420. The van der Waals surface area contributed by atoms with E-state index in [0.717, 1.165) is 25.9 Å². The summed E-state index contributed by atoms with van der Waals surface area (Å²) in [7, 11) is 0. The molecule has 0 spiro atoms. The number of likely N-dealkylation sites (tertiary alicyclic amines) is 1. The Morgan fingerprint density at radius 3 is 2.81 bits per heavy atom. The summed E-state index contributed by atoms with van der Waals surface area (Å²) in [6.07, 6.45) is 3.16. The summed E-state index contributed by atoms with van der Waals surface area (Å²) in [6.45, 7) is 11.9. The first-order valence-corrected chi connectivity index (χ1v) is 9.29. The van der Waals surface area contributed by atoms with Crippen LogP contribution in [-0.4, -0.2) is 53.3 Å². The van der Waals surface area contributed by atoms with Crippen molar-refractivity contribution < 1.29 is 9.53 Å². The molecule has 0 saturated carbocycles. The van der Waals surface area contributed by atoms with Gasteiger partial charge >= 0.3 is 6.09 Å². The molecule has 2 atom stereocenters. The quantitative estimate of drug-likeness (QED) is 0.730. The lowest BCUT2D eigenvalue weighted by Crippen LogP contribution is -2.45. The van der Waals surface area contributed by atoms with Gasteiger partial charge in [-0.25, -0.2) is 4.79 Å². The van der Waals surface area contributed by atoms with Crippen molar-refractivity contribution >= 4 is 17.9 Å². The van der Waals surface area contributed by atoms with E-state index < -0.39 is 5.60 Å². The van der Waals surface area contributed by atoms with Gasteiger partial charge in [0, 0.05) is 25.2 Å². The van der Waals surface area contributed by atoms with Crippen molar-refractivity contribution in [2.45, 2.75) is 71.6 Å². The number of amides is 1. The molecule has 1 fully saturated rings. The smallest absolute Gasteiger partial charge is 0.410 e. The van der Waals surface area contributed by atoms with Crippen LogP contribution in [0.3, 0.4) is 0 Å². The highest BCUT2D eigenvalue weighted by Crippen LogP contribution is 2.20. The topological polar surface area (TPSA) is 41.6 Å². The first-order chi connectivity index (χ1) is 9.83. The second kappa shape index (κ2) is 8.89. The zero-order valence-corrected chi connectivity index (χ0v) is 15.1. The molecule has 1 amide bonds. The molecule has 124 valence electrons. The summed E-state index contributed by atoms with van der Waals surface area (Å²) in [6, 6.07) is 0.784. The predicted octanol–water partition coefficient (Wildman–Crippen LogP) is 3.51. The Balaban J connectivity index is 2.34. The van der Waals surface area contributed by atoms with Crippen molar-refractivity contribution in [1.29, 1.82) is 0 Å². The van der Waals surface area contributed by atoms with Gasteiger partial charge in [-0.1, -0.05) is 6.92 Å². The molecule has 0 aromatic heterocycles. The van der Waals surface area contributed by atoms with E-state index >= 15 is 0 Å². The van der Waals surface area contributed by atoms with E-state index in [1.807, 2.05) is 37.4 Å². The van der Waals surface area contributed by atoms with Gasteiger partial charge in [-0.3, -0.25) is 0 Å². The fourth-order valence-electron chi connectivity index (χ4n) is 2.45. The molecule has 1 rings (SSSR count). The number of rotatable bonds is 7. The molecule has 1 heterocycles. The van der Waals surface area contributed by atoms with E-state index in [-0.39, 0.29) is 12.1 Å². The number of nitrogens with one attached hydrogen (secondary N) is 1. The van der Waals surface area contributed by atoms with Crippen LogP contribution < -0.4 is 5.32 Å². The molecule has 0 aromatic carbocycles. The largest absolute Gasteiger partial charge is 0.444 e. The van der Waals surface area contributed by atoms with Crippen LogP contribution in [0.5, 0.6) is 0 Å². The Kier molecular flexibility index (Phi) is 7.88. The molecule has 0 bridgehead atoms. The zero-order chi connectivity index (χ0) is 15.9. The first kappa shape index (κ1) is 18.6. The summed E-state index contributed by atoms with van der Waals surface area (Å²) in [5.41, 5.74) is -0.414. The Labute approximate surface area is 134 Å². The molecular weight excluding hydrogens is 284 g/mol. The number of nitrogens with zero attached hydrogens (tertiary/aromatic N) is 1. The Morgan fingerprint density at radius 2 is 2.19 bits per heavy atom. The number of thioether (sulfide) groups is 1. The highest BCUT2D eigenvalue weighted by Gasteiger charge is 2.31. The summed E-state index contributed by atoms with van der Waals surface area (Å²) in [4.78, 5) is 14.1. The molecule has 0 aromatic rings. The van der Waals surface area contributed by atoms with Crippen molar-refractivity contribution in [2.75, 3.05) is 24.6 Å². The van der Waals surface area contributed by atoms with Gasteiger partial charge < -0.3 is 15.0 Å². The molecule has 5 heteroatoms. The van der Waals surface area contributed by atoms with Crippen molar-refractivity contribution in [1.82, 2.24) is 10.2 Å². The average molecular weight is 317 g/mol. The molecule has 0 radical (unpaired) electrons. The van der Waals surface area contributed by atoms with Crippen molar-refractivity contribution in [2.24, 2.45) is 0 Å². The second-order valence-corrected chi connectivity index (χ2v) is 8.16. The van der Waals surface area contributed by atoms with Gasteiger partial charge in [-0.05, 0) is 58.5 Å². The van der Waals surface area contributed by atoms with Crippen molar-refractivity contribution in [3.8, 4) is 0 Å². The lowest BCUT2D eigenvalue weighted by atomic mass is 10.2. The number of carbonyl (C=O) groups is 1. The second-order valence-electron chi connectivity index (χ2n) is 6.76. The Bertz CT molecular complexity index is 318. The third kappa shape index (κ3) is 7.41. The van der Waals surface area contributed by atoms with Gasteiger partial charge in [0.2, 0.25) is 0 Å². The van der Waals surface area contributed by atoms with Gasteiger partial charge in [0.05, 0.1) is 0 Å². The fraction of sp³-hybridized carbons (Fsp3) is 0.938. The van der Waals surface area contributed by atoms with Crippen molar-refractivity contribution in [3.05, 3.63) is 0 Å². The van der Waals surface area contributed by atoms with E-state index in [1.54, 1.807) is 0 Å². The van der Waals surface area contributed by atoms with Crippen LogP contribution >= 0.6 is 11.8 Å². The van der Waals surface area contributed by atoms with Crippen LogP contribution in [0.15, 0.2) is 0 Å². The van der Waals surface area contributed by atoms with Gasteiger partial charge in [0.15, 0.2) is 0 Å². The van der Waals surface area contributed by atoms with Crippen LogP contribution in [0.4, 0.5) is 4.79 Å². The summed E-state index contributed by atoms with van der Waals surface area (Å²) in [5, 5.41) is 3.57. The third-order valence-electron chi connectivity index (χ3n) is 3.61. The summed E-state index contributed by atoms with van der Waals surface area (Å²) in [5.74, 6) is 2.38. The number of carbonyl (C=O) groups excluding carboxylic acids is 1. The zero-order valence-electron chi connectivity index (χ0n) is 14.3. The van der Waals surface area contributed by atoms with E-state index in [4.69, 9.17) is 4.74 Å². The van der Waals surface area contributed by atoms with Crippen LogP contribution in [0.25, 0.3) is 0 Å². The van der Waals surface area contributed by atoms with Crippen molar-refractivity contribution in [3.63, 3.8) is 0 Å². The van der Waals surface area contributed by atoms with Crippen LogP contribution in [-0.2, 0) is 4.74 Å². The molecule has 1 saturated heterocycles. The van der Waals surface area contributed by atoms with Gasteiger partial charge in [-0.15, -0.1) is 0 Å². The SMILES string of the molecule is CCSCCC(C)NCC1CCCN1C(=O)OC(C)(C)C. The molecule has 4 nitrogen and oxygen atoms in total. The molecule has 2 unspecified atom stereocenters. The minimum atomic E-state index is -0.414. The highest BCUT2D eigenvalue weighted by molar-refractivity contribution is 7.99. The minimum absolute atomic E-state index is 0.166. The molecule has 0 aliphatic carbocycles. The minimum Gasteiger partial charge on any atom is -0.444 e. The maximum atomic E-state index is 12.2. The molecule has 1 aliphatic rings. The van der Waals surface area contributed by atoms with E-state index in [0.29, 0.717) is 6.04 Å². The molecule has 1 aliphatic heterocycles. The monoisotopic (exact) mass is 316 g/mol. The van der Waals surface area contributed by atoms with Crippen LogP contribution in [0, 0.1) is 0 Å². The summed E-state index contributed by atoms with van der Waals surface area (Å²) >= 11 is 1.98. The van der Waals surface area contributed by atoms with Gasteiger partial charge in [0.25, 0.3) is 0 Å². The van der Waals surface area contributed by atoms with E-state index in [1.165, 1.54) is 17.9 Å². The van der Waals surface area contributed by atoms with E-state index in [9.17, 15) is 4.79 Å². The molecule has 1 N–H and O–H groups in total. The first-order valence-electron chi connectivity index (χ1n) is 8.14. The average Bonchev–Trinajstić information content (AvgIpc) is 2.83. The number of ether oxygens (including phenoxy) is 1. The normalized spacial score (nSPS) is 20.6. The van der Waals surface area contributed by atoms with E-state index in [2.05, 4.69) is 19.2 Å². The number of hydrogen-bond donors (Lipinski definition) is 1. The fourth-order valence-corrected chi connectivity index (χ4v) is 3.26. The maximum Gasteiger partial charge on any atom is 0.410 e. The third-order valence-corrected chi connectivity index (χ3v) is 4.54. The predicted molar refractivity (Wildman–Crippen MR) is 91.0 cm³/mol. The maximum absolute atomic E-state index is 12.2. The Morgan fingerprint density at radius 1 is 1.48 bits per heavy atom. The lowest BCUT2D eigenvalue weighted by molar-refractivity contribution is 0.0225.